The lowest BCUT2D eigenvalue weighted by atomic mass is 10.2. The molecule has 1 aromatic heterocycles. The maximum Gasteiger partial charge on any atom is 0.315 e. The molecule has 112 valence electrons. The smallest absolute Gasteiger partial charge is 0.315 e. The van der Waals surface area contributed by atoms with E-state index < -0.39 is 18.1 Å². The van der Waals surface area contributed by atoms with Gasteiger partial charge in [0.2, 0.25) is 0 Å². The molecule has 8 nitrogen and oxygen atoms in total. The average Bonchev–Trinajstić information content (AvgIpc) is 2.71. The minimum Gasteiger partial charge on any atom is -0.481 e. The van der Waals surface area contributed by atoms with Crippen LogP contribution in [0, 0.1) is 13.8 Å². The molecule has 0 aliphatic heterocycles. The number of carbonyl (C=O) groups excluding carboxylic acids is 1. The van der Waals surface area contributed by atoms with Gasteiger partial charge in [0.05, 0.1) is 18.2 Å². The van der Waals surface area contributed by atoms with Crippen LogP contribution in [-0.2, 0) is 16.1 Å². The lowest BCUT2D eigenvalue weighted by Crippen LogP contribution is -2.40. The van der Waals surface area contributed by atoms with Crippen LogP contribution in [0.15, 0.2) is 4.52 Å². The van der Waals surface area contributed by atoms with Crippen molar-refractivity contribution >= 4 is 12.0 Å². The molecule has 1 rings (SSSR count). The van der Waals surface area contributed by atoms with Gasteiger partial charge in [-0.15, -0.1) is 0 Å². The average molecular weight is 285 g/mol. The standard InChI is InChI=1S/C12H19N3O5/c1-7-10(8(2)20-15-7)6-14-12(18)13-5-9(19-3)4-11(16)17/h9H,4-6H2,1-3H3,(H,16,17)(H2,13,14,18). The Labute approximate surface area is 116 Å². The summed E-state index contributed by atoms with van der Waals surface area (Å²) in [6.07, 6.45) is -0.724. The molecule has 3 N–H and O–H groups in total. The van der Waals surface area contributed by atoms with Gasteiger partial charge in [0.25, 0.3) is 0 Å². The van der Waals surface area contributed by atoms with Crippen LogP contribution in [0.1, 0.15) is 23.4 Å². The predicted molar refractivity (Wildman–Crippen MR) is 69.3 cm³/mol. The molecule has 0 bridgehead atoms. The van der Waals surface area contributed by atoms with Gasteiger partial charge in [-0.05, 0) is 13.8 Å². The van der Waals surface area contributed by atoms with Gasteiger partial charge in [0.1, 0.15) is 5.76 Å². The molecule has 0 saturated carbocycles. The summed E-state index contributed by atoms with van der Waals surface area (Å²) in [5.41, 5.74) is 1.55. The van der Waals surface area contributed by atoms with E-state index in [4.69, 9.17) is 14.4 Å². The van der Waals surface area contributed by atoms with Crippen LogP contribution in [0.4, 0.5) is 4.79 Å². The number of hydrogen-bond donors (Lipinski definition) is 3. The van der Waals surface area contributed by atoms with Gasteiger partial charge in [0, 0.05) is 25.8 Å². The van der Waals surface area contributed by atoms with Crippen molar-refractivity contribution in [2.24, 2.45) is 0 Å². The Hall–Kier alpha value is -2.09. The van der Waals surface area contributed by atoms with Crippen molar-refractivity contribution in [1.82, 2.24) is 15.8 Å². The third kappa shape index (κ3) is 4.88. The zero-order valence-electron chi connectivity index (χ0n) is 11.7. The van der Waals surface area contributed by atoms with Gasteiger partial charge < -0.3 is 25.0 Å². The second kappa shape index (κ2) is 7.49. The fourth-order valence-electron chi connectivity index (χ4n) is 1.63. The van der Waals surface area contributed by atoms with E-state index in [1.807, 2.05) is 0 Å². The van der Waals surface area contributed by atoms with Crippen LogP contribution in [0.2, 0.25) is 0 Å². The normalized spacial score (nSPS) is 11.9. The number of hydrogen-bond acceptors (Lipinski definition) is 5. The molecule has 0 aliphatic rings. The number of nitrogens with one attached hydrogen (secondary N) is 2. The number of urea groups is 1. The Morgan fingerprint density at radius 3 is 2.60 bits per heavy atom. The number of nitrogens with zero attached hydrogens (tertiary/aromatic N) is 1. The Bertz CT molecular complexity index is 452. The SMILES string of the molecule is COC(CNC(=O)NCc1c(C)noc1C)CC(=O)O. The number of amides is 2. The molecule has 0 aromatic carbocycles. The fourth-order valence-corrected chi connectivity index (χ4v) is 1.63. The molecular weight excluding hydrogens is 266 g/mol. The van der Waals surface area contributed by atoms with Gasteiger partial charge >= 0.3 is 12.0 Å². The fraction of sp³-hybridized carbons (Fsp3) is 0.583. The maximum absolute atomic E-state index is 11.6. The molecule has 2 amide bonds. The molecule has 0 aliphatic carbocycles. The van der Waals surface area contributed by atoms with Crippen molar-refractivity contribution in [3.8, 4) is 0 Å². The first-order valence-electron chi connectivity index (χ1n) is 6.12. The zero-order valence-corrected chi connectivity index (χ0v) is 11.7. The second-order valence-corrected chi connectivity index (χ2v) is 4.32. The molecular formula is C12H19N3O5. The monoisotopic (exact) mass is 285 g/mol. The van der Waals surface area contributed by atoms with Gasteiger partial charge in [-0.25, -0.2) is 4.79 Å². The summed E-state index contributed by atoms with van der Waals surface area (Å²) in [5, 5.41) is 17.6. The third-order valence-corrected chi connectivity index (χ3v) is 2.83. The van der Waals surface area contributed by atoms with E-state index >= 15 is 0 Å². The lowest BCUT2D eigenvalue weighted by molar-refractivity contribution is -0.139. The van der Waals surface area contributed by atoms with Crippen molar-refractivity contribution in [3.05, 3.63) is 17.0 Å². The highest BCUT2D eigenvalue weighted by atomic mass is 16.5. The number of carbonyl (C=O) groups is 2. The van der Waals surface area contributed by atoms with Gasteiger partial charge in [-0.3, -0.25) is 4.79 Å². The van der Waals surface area contributed by atoms with Crippen LogP contribution in [-0.4, -0.2) is 42.0 Å². The number of methoxy groups -OCH3 is 1. The maximum atomic E-state index is 11.6. The summed E-state index contributed by atoms with van der Waals surface area (Å²) >= 11 is 0. The summed E-state index contributed by atoms with van der Waals surface area (Å²) in [7, 11) is 1.40. The number of rotatable bonds is 7. The van der Waals surface area contributed by atoms with Crippen LogP contribution >= 0.6 is 0 Å². The Kier molecular flexibility index (Phi) is 5.98. The zero-order chi connectivity index (χ0) is 15.1. The van der Waals surface area contributed by atoms with Crippen LogP contribution in [0.3, 0.4) is 0 Å². The summed E-state index contributed by atoms with van der Waals surface area (Å²) in [6.45, 7) is 3.97. The van der Waals surface area contributed by atoms with Gasteiger partial charge in [-0.2, -0.15) is 0 Å². The summed E-state index contributed by atoms with van der Waals surface area (Å²) in [6, 6.07) is -0.405. The van der Waals surface area contributed by atoms with E-state index in [2.05, 4.69) is 15.8 Å². The van der Waals surface area contributed by atoms with E-state index in [0.717, 1.165) is 11.3 Å². The van der Waals surface area contributed by atoms with Crippen LogP contribution < -0.4 is 10.6 Å². The molecule has 1 unspecified atom stereocenters. The number of carboxylic acid groups (broad SMARTS) is 1. The third-order valence-electron chi connectivity index (χ3n) is 2.83. The summed E-state index contributed by atoms with van der Waals surface area (Å²) < 4.78 is 9.93. The lowest BCUT2D eigenvalue weighted by Gasteiger charge is -2.14. The van der Waals surface area contributed by atoms with Crippen molar-refractivity contribution < 1.29 is 24.0 Å². The minimum atomic E-state index is -0.977. The Morgan fingerprint density at radius 2 is 2.10 bits per heavy atom. The van der Waals surface area contributed by atoms with E-state index in [1.165, 1.54) is 7.11 Å². The second-order valence-electron chi connectivity index (χ2n) is 4.32. The molecule has 1 atom stereocenters. The number of aryl methyl sites for hydroxylation is 2. The van der Waals surface area contributed by atoms with Gasteiger partial charge in [-0.1, -0.05) is 5.16 Å². The highest BCUT2D eigenvalue weighted by molar-refractivity contribution is 5.74. The highest BCUT2D eigenvalue weighted by Gasteiger charge is 2.14. The largest absolute Gasteiger partial charge is 0.481 e. The first-order valence-corrected chi connectivity index (χ1v) is 6.12. The quantitative estimate of drug-likeness (QED) is 0.675. The number of carboxylic acids is 1. The molecule has 20 heavy (non-hydrogen) atoms. The van der Waals surface area contributed by atoms with Crippen molar-refractivity contribution in [2.45, 2.75) is 32.9 Å². The van der Waals surface area contributed by atoms with E-state index in [0.29, 0.717) is 12.3 Å². The molecule has 0 fully saturated rings. The number of ether oxygens (including phenoxy) is 1. The van der Waals surface area contributed by atoms with Gasteiger partial charge in [0.15, 0.2) is 0 Å². The van der Waals surface area contributed by atoms with Crippen LogP contribution in [0.25, 0.3) is 0 Å². The minimum absolute atomic E-state index is 0.121. The summed E-state index contributed by atoms with van der Waals surface area (Å²) in [5.74, 6) is -0.321. The molecule has 0 saturated heterocycles. The first-order chi connectivity index (χ1) is 9.43. The Morgan fingerprint density at radius 1 is 1.40 bits per heavy atom. The Balaban J connectivity index is 2.35. The van der Waals surface area contributed by atoms with E-state index in [-0.39, 0.29) is 13.0 Å². The molecule has 0 spiro atoms. The molecule has 8 heteroatoms. The van der Waals surface area contributed by atoms with E-state index in [9.17, 15) is 9.59 Å². The highest BCUT2D eigenvalue weighted by Crippen LogP contribution is 2.11. The van der Waals surface area contributed by atoms with Crippen molar-refractivity contribution in [2.75, 3.05) is 13.7 Å². The van der Waals surface area contributed by atoms with Crippen LogP contribution in [0.5, 0.6) is 0 Å². The number of aromatic nitrogens is 1. The summed E-state index contributed by atoms with van der Waals surface area (Å²) in [4.78, 5) is 22.1. The molecule has 1 aromatic rings. The van der Waals surface area contributed by atoms with Crippen molar-refractivity contribution in [3.63, 3.8) is 0 Å². The van der Waals surface area contributed by atoms with Crippen molar-refractivity contribution in [1.29, 1.82) is 0 Å². The predicted octanol–water partition coefficient (Wildman–Crippen LogP) is 0.580. The molecule has 0 radical (unpaired) electrons. The first kappa shape index (κ1) is 16.0. The van der Waals surface area contributed by atoms with E-state index in [1.54, 1.807) is 13.8 Å². The number of aliphatic carboxylic acids is 1. The molecule has 1 heterocycles. The topological polar surface area (TPSA) is 114 Å².